The monoisotopic (exact) mass is 484 g/mol. The van der Waals surface area contributed by atoms with Crippen molar-refractivity contribution in [2.75, 3.05) is 19.1 Å². The van der Waals surface area contributed by atoms with Crippen LogP contribution >= 0.6 is 11.6 Å². The molecule has 2 aromatic rings. The zero-order chi connectivity index (χ0) is 25.2. The molecule has 174 valence electrons. The van der Waals surface area contributed by atoms with Crippen molar-refractivity contribution in [2.45, 2.75) is 5.92 Å². The van der Waals surface area contributed by atoms with Crippen LogP contribution in [-0.4, -0.2) is 36.2 Å². The molecule has 1 aliphatic rings. The zero-order valence-corrected chi connectivity index (χ0v) is 18.6. The Morgan fingerprint density at radius 1 is 1.21 bits per heavy atom. The van der Waals surface area contributed by atoms with Gasteiger partial charge in [-0.1, -0.05) is 41.9 Å². The molecule has 12 heteroatoms. The van der Waals surface area contributed by atoms with E-state index in [1.807, 2.05) is 6.07 Å². The Labute approximate surface area is 198 Å². The first-order chi connectivity index (χ1) is 16.2. The number of phenolic OH excluding ortho intramolecular Hbond substituents is 1. The van der Waals surface area contributed by atoms with E-state index >= 15 is 0 Å². The number of hydrogen-bond donors (Lipinski definition) is 2. The van der Waals surface area contributed by atoms with Gasteiger partial charge in [0.05, 0.1) is 48.0 Å². The molecule has 3 rings (SSSR count). The van der Waals surface area contributed by atoms with E-state index in [1.165, 1.54) is 0 Å². The van der Waals surface area contributed by atoms with E-state index < -0.39 is 45.6 Å². The number of hydrogen-bond acceptors (Lipinski definition) is 10. The third-order valence-corrected chi connectivity index (χ3v) is 5.30. The van der Waals surface area contributed by atoms with Crippen molar-refractivity contribution in [1.82, 2.24) is 0 Å². The van der Waals surface area contributed by atoms with Crippen LogP contribution in [0, 0.1) is 21.4 Å². The summed E-state index contributed by atoms with van der Waals surface area (Å²) in [6.07, 6.45) is 0. The molecule has 0 aromatic heterocycles. The number of allylic oxidation sites excluding steroid dienone is 1. The highest BCUT2D eigenvalue weighted by Crippen LogP contribution is 2.47. The Morgan fingerprint density at radius 3 is 2.35 bits per heavy atom. The van der Waals surface area contributed by atoms with Gasteiger partial charge < -0.3 is 20.3 Å². The fourth-order valence-corrected chi connectivity index (χ4v) is 3.85. The van der Waals surface area contributed by atoms with E-state index in [9.17, 15) is 30.1 Å². The minimum absolute atomic E-state index is 0.179. The number of anilines is 1. The number of aromatic hydroxyl groups is 1. The second-order valence-electron chi connectivity index (χ2n) is 6.89. The molecule has 0 saturated heterocycles. The number of nitrogens with two attached hydrogens (primary N) is 1. The quantitative estimate of drug-likeness (QED) is 0.365. The first-order valence-electron chi connectivity index (χ1n) is 9.50. The number of phenols is 1. The maximum atomic E-state index is 13.0. The van der Waals surface area contributed by atoms with Gasteiger partial charge in [-0.15, -0.1) is 0 Å². The summed E-state index contributed by atoms with van der Waals surface area (Å²) in [5, 5.41) is 31.9. The average Bonchev–Trinajstić information content (AvgIpc) is 2.83. The summed E-state index contributed by atoms with van der Waals surface area (Å²) in [5.74, 6) is -4.49. The van der Waals surface area contributed by atoms with Gasteiger partial charge in [0.2, 0.25) is 5.75 Å². The van der Waals surface area contributed by atoms with Gasteiger partial charge in [-0.2, -0.15) is 5.26 Å². The fourth-order valence-electron chi connectivity index (χ4n) is 3.64. The summed E-state index contributed by atoms with van der Waals surface area (Å²) in [7, 11) is 2.12. The second-order valence-corrected chi connectivity index (χ2v) is 7.32. The number of benzene rings is 2. The predicted molar refractivity (Wildman–Crippen MR) is 119 cm³/mol. The third-order valence-electron chi connectivity index (χ3n) is 5.08. The standard InChI is InChI=1S/C22H17ClN4O7/c1-33-21(29)17-16(11-6-4-3-5-7-11)13(10-24)20(25)26(18(17)22(30)34-2)14-8-12(23)9-15(19(14)28)27(31)32/h3-9,16,28H,25H2,1-2H3. The summed E-state index contributed by atoms with van der Waals surface area (Å²) >= 11 is 6.03. The summed E-state index contributed by atoms with van der Waals surface area (Å²) in [6, 6.07) is 12.2. The maximum Gasteiger partial charge on any atom is 0.355 e. The molecule has 0 amide bonds. The SMILES string of the molecule is COC(=O)C1=C(C(=O)OC)N(c2cc(Cl)cc([N+](=O)[O-])c2O)C(N)=C(C#N)C1c1ccccc1. The molecule has 0 spiro atoms. The summed E-state index contributed by atoms with van der Waals surface area (Å²) in [4.78, 5) is 37.3. The number of esters is 2. The highest BCUT2D eigenvalue weighted by Gasteiger charge is 2.44. The van der Waals surface area contributed by atoms with Crippen LogP contribution in [0.5, 0.6) is 5.75 Å². The number of carbonyl (C=O) groups is 2. The van der Waals surface area contributed by atoms with Gasteiger partial charge in [0.15, 0.2) is 0 Å². The molecule has 0 aliphatic carbocycles. The van der Waals surface area contributed by atoms with Gasteiger partial charge in [-0.3, -0.25) is 15.0 Å². The lowest BCUT2D eigenvalue weighted by Crippen LogP contribution is -2.40. The molecule has 3 N–H and O–H groups in total. The number of nitro benzene ring substituents is 1. The van der Waals surface area contributed by atoms with Gasteiger partial charge in [0.1, 0.15) is 11.5 Å². The van der Waals surface area contributed by atoms with Crippen LogP contribution in [0.3, 0.4) is 0 Å². The Balaban J connectivity index is 2.49. The van der Waals surface area contributed by atoms with Crippen molar-refractivity contribution >= 4 is 34.9 Å². The molecule has 0 bridgehead atoms. The lowest BCUT2D eigenvalue weighted by atomic mass is 9.81. The van der Waals surface area contributed by atoms with E-state index in [0.29, 0.717) is 5.56 Å². The maximum absolute atomic E-state index is 13.0. The molecule has 1 heterocycles. The third kappa shape index (κ3) is 3.98. The molecule has 11 nitrogen and oxygen atoms in total. The van der Waals surface area contributed by atoms with E-state index in [-0.39, 0.29) is 22.0 Å². The topological polar surface area (TPSA) is 169 Å². The minimum Gasteiger partial charge on any atom is -0.501 e. The summed E-state index contributed by atoms with van der Waals surface area (Å²) < 4.78 is 9.75. The largest absolute Gasteiger partial charge is 0.501 e. The highest BCUT2D eigenvalue weighted by molar-refractivity contribution is 6.31. The van der Waals surface area contributed by atoms with Gasteiger partial charge in [0.25, 0.3) is 0 Å². The van der Waals surface area contributed by atoms with Gasteiger partial charge >= 0.3 is 17.6 Å². The molecular formula is C22H17ClN4O7. The van der Waals surface area contributed by atoms with Crippen LogP contribution in [-0.2, 0) is 19.1 Å². The lowest BCUT2D eigenvalue weighted by molar-refractivity contribution is -0.385. The van der Waals surface area contributed by atoms with Crippen LogP contribution in [0.2, 0.25) is 5.02 Å². The van der Waals surface area contributed by atoms with Crippen LogP contribution in [0.4, 0.5) is 11.4 Å². The molecule has 34 heavy (non-hydrogen) atoms. The molecular weight excluding hydrogens is 468 g/mol. The molecule has 2 aromatic carbocycles. The first-order valence-corrected chi connectivity index (χ1v) is 9.88. The number of nitrogens with zero attached hydrogens (tertiary/aromatic N) is 3. The number of rotatable bonds is 5. The smallest absolute Gasteiger partial charge is 0.355 e. The highest BCUT2D eigenvalue weighted by atomic mass is 35.5. The number of nitriles is 1. The molecule has 1 aliphatic heterocycles. The van der Waals surface area contributed by atoms with Crippen molar-refractivity contribution < 1.29 is 29.1 Å². The predicted octanol–water partition coefficient (Wildman–Crippen LogP) is 2.85. The molecule has 0 radical (unpaired) electrons. The number of methoxy groups -OCH3 is 2. The fraction of sp³-hybridized carbons (Fsp3) is 0.136. The summed E-state index contributed by atoms with van der Waals surface area (Å²) in [5.41, 5.74) is 4.50. The first kappa shape index (κ1) is 24.1. The number of nitro groups is 1. The van der Waals surface area contributed by atoms with Crippen molar-refractivity contribution in [2.24, 2.45) is 5.73 Å². The van der Waals surface area contributed by atoms with Crippen molar-refractivity contribution in [3.05, 3.63) is 85.8 Å². The van der Waals surface area contributed by atoms with Crippen LogP contribution in [0.25, 0.3) is 0 Å². The zero-order valence-electron chi connectivity index (χ0n) is 17.8. The minimum atomic E-state index is -1.14. The number of carbonyl (C=O) groups excluding carboxylic acids is 2. The van der Waals surface area contributed by atoms with E-state index in [4.69, 9.17) is 26.8 Å². The molecule has 0 fully saturated rings. The Morgan fingerprint density at radius 2 is 1.82 bits per heavy atom. The Kier molecular flexibility index (Phi) is 6.74. The van der Waals surface area contributed by atoms with Gasteiger partial charge in [-0.05, 0) is 11.6 Å². The van der Waals surface area contributed by atoms with Crippen LogP contribution < -0.4 is 10.6 Å². The van der Waals surface area contributed by atoms with Crippen LogP contribution in [0.1, 0.15) is 11.5 Å². The molecule has 1 unspecified atom stereocenters. The van der Waals surface area contributed by atoms with E-state index in [1.54, 1.807) is 30.3 Å². The van der Waals surface area contributed by atoms with E-state index in [0.717, 1.165) is 31.3 Å². The normalized spacial score (nSPS) is 15.6. The van der Waals surface area contributed by atoms with Crippen LogP contribution in [0.15, 0.2) is 65.1 Å². The Hall–Kier alpha value is -4.56. The van der Waals surface area contributed by atoms with Gasteiger partial charge in [-0.25, -0.2) is 9.59 Å². The van der Waals surface area contributed by atoms with E-state index in [2.05, 4.69) is 0 Å². The summed E-state index contributed by atoms with van der Waals surface area (Å²) in [6.45, 7) is 0. The van der Waals surface area contributed by atoms with Crippen molar-refractivity contribution in [3.8, 4) is 11.8 Å². The average molecular weight is 485 g/mol. The molecule has 0 saturated carbocycles. The van der Waals surface area contributed by atoms with Crippen molar-refractivity contribution in [1.29, 1.82) is 5.26 Å². The second kappa shape index (κ2) is 9.51. The number of ether oxygens (including phenoxy) is 2. The van der Waals surface area contributed by atoms with Crippen molar-refractivity contribution in [3.63, 3.8) is 0 Å². The molecule has 1 atom stereocenters. The Bertz CT molecular complexity index is 1300. The van der Waals surface area contributed by atoms with Gasteiger partial charge in [0, 0.05) is 11.1 Å². The lowest BCUT2D eigenvalue weighted by Gasteiger charge is -2.36. The number of halogens is 1.